The Morgan fingerprint density at radius 3 is 2.47 bits per heavy atom. The minimum absolute atomic E-state index is 0.238. The number of hydrogen-bond donors (Lipinski definition) is 2. The van der Waals surface area contributed by atoms with E-state index >= 15 is 0 Å². The summed E-state index contributed by atoms with van der Waals surface area (Å²) in [6.45, 7) is 5.32. The first-order valence-corrected chi connectivity index (χ1v) is 7.36. The Morgan fingerprint density at radius 1 is 1.37 bits per heavy atom. The maximum atomic E-state index is 12.1. The summed E-state index contributed by atoms with van der Waals surface area (Å²) in [6, 6.07) is -0.999. The van der Waals surface area contributed by atoms with E-state index < -0.39 is 12.0 Å². The van der Waals surface area contributed by atoms with Gasteiger partial charge in [-0.1, -0.05) is 26.2 Å². The number of amides is 2. The predicted molar refractivity (Wildman–Crippen MR) is 74.1 cm³/mol. The van der Waals surface area contributed by atoms with Crippen LogP contribution in [0.1, 0.15) is 52.4 Å². The van der Waals surface area contributed by atoms with Crippen molar-refractivity contribution in [2.45, 2.75) is 58.4 Å². The highest BCUT2D eigenvalue weighted by molar-refractivity contribution is 5.82. The number of carboxylic acid groups (broad SMARTS) is 1. The molecule has 0 spiro atoms. The second kappa shape index (κ2) is 8.02. The Morgan fingerprint density at radius 2 is 2.05 bits per heavy atom. The molecule has 1 aliphatic rings. The summed E-state index contributed by atoms with van der Waals surface area (Å²) in [5.41, 5.74) is 0. The molecule has 0 aromatic heterocycles. The lowest BCUT2D eigenvalue weighted by Gasteiger charge is -2.32. The number of aliphatic carboxylic acids is 1. The van der Waals surface area contributed by atoms with Crippen LogP contribution in [0, 0.1) is 5.92 Å². The van der Waals surface area contributed by atoms with Crippen LogP contribution in [0.4, 0.5) is 4.79 Å². The van der Waals surface area contributed by atoms with E-state index in [0.29, 0.717) is 18.9 Å². The van der Waals surface area contributed by atoms with Gasteiger partial charge in [-0.25, -0.2) is 9.59 Å². The third-order valence-corrected chi connectivity index (χ3v) is 3.81. The maximum Gasteiger partial charge on any atom is 0.326 e. The van der Waals surface area contributed by atoms with Crippen molar-refractivity contribution in [3.05, 3.63) is 0 Å². The van der Waals surface area contributed by atoms with Gasteiger partial charge in [-0.3, -0.25) is 0 Å². The molecular weight excluding hydrogens is 244 g/mol. The van der Waals surface area contributed by atoms with Crippen LogP contribution in [0.3, 0.4) is 0 Å². The number of unbranched alkanes of at least 4 members (excludes halogenated alkanes) is 1. The minimum Gasteiger partial charge on any atom is -0.480 e. The first-order valence-electron chi connectivity index (χ1n) is 7.36. The highest BCUT2D eigenvalue weighted by Gasteiger charge is 2.25. The fourth-order valence-electron chi connectivity index (χ4n) is 2.25. The summed E-state index contributed by atoms with van der Waals surface area (Å²) >= 11 is 0. The molecule has 1 saturated carbocycles. The van der Waals surface area contributed by atoms with Gasteiger partial charge in [0.25, 0.3) is 0 Å². The Kier molecular flexibility index (Phi) is 6.67. The minimum atomic E-state index is -0.943. The van der Waals surface area contributed by atoms with Crippen LogP contribution >= 0.6 is 0 Å². The van der Waals surface area contributed by atoms with E-state index in [1.54, 1.807) is 4.90 Å². The van der Waals surface area contributed by atoms with Crippen molar-refractivity contribution in [3.8, 4) is 0 Å². The van der Waals surface area contributed by atoms with Crippen LogP contribution in [-0.4, -0.2) is 41.1 Å². The number of nitrogens with one attached hydrogen (secondary N) is 1. The molecule has 0 saturated heterocycles. The lowest BCUT2D eigenvalue weighted by atomic mass is 9.85. The smallest absolute Gasteiger partial charge is 0.326 e. The van der Waals surface area contributed by atoms with Gasteiger partial charge in [0.1, 0.15) is 6.04 Å². The summed E-state index contributed by atoms with van der Waals surface area (Å²) in [5, 5.41) is 11.8. The molecule has 0 heterocycles. The van der Waals surface area contributed by atoms with Crippen molar-refractivity contribution in [1.29, 1.82) is 0 Å². The van der Waals surface area contributed by atoms with E-state index in [9.17, 15) is 9.59 Å². The van der Waals surface area contributed by atoms with E-state index in [-0.39, 0.29) is 6.03 Å². The zero-order chi connectivity index (χ0) is 14.3. The van der Waals surface area contributed by atoms with Gasteiger partial charge in [0.15, 0.2) is 0 Å². The molecule has 2 N–H and O–H groups in total. The molecule has 1 atom stereocenters. The molecule has 110 valence electrons. The second-order valence-corrected chi connectivity index (χ2v) is 5.32. The summed E-state index contributed by atoms with van der Waals surface area (Å²) in [7, 11) is 0. The predicted octanol–water partition coefficient (Wildman–Crippen LogP) is 2.46. The van der Waals surface area contributed by atoms with Crippen LogP contribution in [0.15, 0.2) is 0 Å². The number of rotatable bonds is 8. The Hall–Kier alpha value is -1.26. The topological polar surface area (TPSA) is 69.6 Å². The maximum absolute atomic E-state index is 12.1. The molecule has 19 heavy (non-hydrogen) atoms. The Balaban J connectivity index is 2.45. The molecular formula is C14H26N2O3. The molecule has 5 heteroatoms. The van der Waals surface area contributed by atoms with Crippen molar-refractivity contribution in [1.82, 2.24) is 10.2 Å². The SMILES string of the molecule is CCCCC(NC(=O)N(CC)CC1CCC1)C(=O)O. The lowest BCUT2D eigenvalue weighted by Crippen LogP contribution is -2.49. The van der Waals surface area contributed by atoms with E-state index in [1.165, 1.54) is 19.3 Å². The third-order valence-electron chi connectivity index (χ3n) is 3.81. The summed E-state index contributed by atoms with van der Waals surface area (Å²) < 4.78 is 0. The van der Waals surface area contributed by atoms with Crippen LogP contribution in [0.2, 0.25) is 0 Å². The highest BCUT2D eigenvalue weighted by Crippen LogP contribution is 2.27. The first-order chi connectivity index (χ1) is 9.08. The molecule has 1 fully saturated rings. The van der Waals surface area contributed by atoms with E-state index in [1.807, 2.05) is 13.8 Å². The van der Waals surface area contributed by atoms with Gasteiger partial charge < -0.3 is 15.3 Å². The van der Waals surface area contributed by atoms with Crippen LogP contribution in [0.25, 0.3) is 0 Å². The molecule has 5 nitrogen and oxygen atoms in total. The second-order valence-electron chi connectivity index (χ2n) is 5.32. The van der Waals surface area contributed by atoms with Gasteiger partial charge in [-0.15, -0.1) is 0 Å². The van der Waals surface area contributed by atoms with E-state index in [0.717, 1.165) is 19.4 Å². The largest absolute Gasteiger partial charge is 0.480 e. The van der Waals surface area contributed by atoms with Crippen LogP contribution in [0.5, 0.6) is 0 Å². The van der Waals surface area contributed by atoms with Crippen LogP contribution in [-0.2, 0) is 4.79 Å². The van der Waals surface area contributed by atoms with Crippen molar-refractivity contribution in [3.63, 3.8) is 0 Å². The average molecular weight is 270 g/mol. The van der Waals surface area contributed by atoms with E-state index in [4.69, 9.17) is 5.11 Å². The van der Waals surface area contributed by atoms with Gasteiger partial charge in [-0.2, -0.15) is 0 Å². The quantitative estimate of drug-likeness (QED) is 0.712. The van der Waals surface area contributed by atoms with Gasteiger partial charge in [0, 0.05) is 13.1 Å². The number of carboxylic acids is 1. The molecule has 1 aliphatic carbocycles. The zero-order valence-electron chi connectivity index (χ0n) is 12.0. The average Bonchev–Trinajstić information content (AvgIpc) is 2.32. The molecule has 0 aromatic carbocycles. The lowest BCUT2D eigenvalue weighted by molar-refractivity contribution is -0.139. The fraction of sp³-hybridized carbons (Fsp3) is 0.857. The summed E-state index contributed by atoms with van der Waals surface area (Å²) in [4.78, 5) is 24.9. The zero-order valence-corrected chi connectivity index (χ0v) is 12.0. The van der Waals surface area contributed by atoms with Gasteiger partial charge >= 0.3 is 12.0 Å². The third kappa shape index (κ3) is 5.09. The van der Waals surface area contributed by atoms with Gasteiger partial charge in [0.05, 0.1) is 0 Å². The van der Waals surface area contributed by atoms with Crippen LogP contribution < -0.4 is 5.32 Å². The summed E-state index contributed by atoms with van der Waals surface area (Å²) in [5.74, 6) is -0.342. The molecule has 0 radical (unpaired) electrons. The van der Waals surface area contributed by atoms with Crippen molar-refractivity contribution < 1.29 is 14.7 Å². The molecule has 0 aliphatic heterocycles. The van der Waals surface area contributed by atoms with Gasteiger partial charge in [0.2, 0.25) is 0 Å². The van der Waals surface area contributed by atoms with Crippen molar-refractivity contribution in [2.75, 3.05) is 13.1 Å². The fourth-order valence-corrected chi connectivity index (χ4v) is 2.25. The number of carbonyl (C=O) groups excluding carboxylic acids is 1. The normalized spacial score (nSPS) is 16.5. The van der Waals surface area contributed by atoms with E-state index in [2.05, 4.69) is 5.32 Å². The Bertz CT molecular complexity index is 303. The highest BCUT2D eigenvalue weighted by atomic mass is 16.4. The monoisotopic (exact) mass is 270 g/mol. The summed E-state index contributed by atoms with van der Waals surface area (Å²) in [6.07, 6.45) is 5.85. The standard InChI is InChI=1S/C14H26N2O3/c1-3-5-9-12(13(17)18)15-14(19)16(4-2)10-11-7-6-8-11/h11-12H,3-10H2,1-2H3,(H,15,19)(H,17,18). The van der Waals surface area contributed by atoms with Crippen molar-refractivity contribution in [2.24, 2.45) is 5.92 Å². The van der Waals surface area contributed by atoms with Gasteiger partial charge in [-0.05, 0) is 32.1 Å². The molecule has 2 amide bonds. The molecule has 1 rings (SSSR count). The number of urea groups is 1. The van der Waals surface area contributed by atoms with Crippen molar-refractivity contribution >= 4 is 12.0 Å². The Labute approximate surface area is 115 Å². The number of nitrogens with zero attached hydrogens (tertiary/aromatic N) is 1. The molecule has 0 bridgehead atoms. The number of hydrogen-bond acceptors (Lipinski definition) is 2. The molecule has 0 aromatic rings. The first kappa shape index (κ1) is 15.8. The molecule has 1 unspecified atom stereocenters. The number of carbonyl (C=O) groups is 2.